The number of benzene rings is 2. The van der Waals surface area contributed by atoms with Gasteiger partial charge in [-0.1, -0.05) is 25.0 Å². The topological polar surface area (TPSA) is 98.5 Å². The third-order valence-electron chi connectivity index (χ3n) is 5.00. The summed E-state index contributed by atoms with van der Waals surface area (Å²) in [6, 6.07) is 10.3. The Morgan fingerprint density at radius 3 is 2.48 bits per heavy atom. The van der Waals surface area contributed by atoms with Crippen molar-refractivity contribution >= 4 is 21.6 Å². The van der Waals surface area contributed by atoms with E-state index in [0.717, 1.165) is 12.8 Å². The summed E-state index contributed by atoms with van der Waals surface area (Å²) in [5.74, 6) is -0.597. The predicted molar refractivity (Wildman–Crippen MR) is 99.5 cm³/mol. The van der Waals surface area contributed by atoms with Gasteiger partial charge in [0.25, 0.3) is 0 Å². The third-order valence-corrected chi connectivity index (χ3v) is 5.93. The summed E-state index contributed by atoms with van der Waals surface area (Å²) in [6.07, 6.45) is 2.91. The molecule has 0 atom stereocenters. The Bertz CT molecular complexity index is 969. The van der Waals surface area contributed by atoms with E-state index in [1.165, 1.54) is 31.4 Å². The molecule has 0 saturated heterocycles. The van der Waals surface area contributed by atoms with Crippen LogP contribution in [-0.4, -0.2) is 21.4 Å². The van der Waals surface area contributed by atoms with E-state index in [1.54, 1.807) is 18.2 Å². The molecule has 0 bridgehead atoms. The number of methoxy groups -OCH3 is 1. The van der Waals surface area contributed by atoms with Crippen molar-refractivity contribution in [3.8, 4) is 5.75 Å². The van der Waals surface area contributed by atoms with Crippen molar-refractivity contribution in [3.05, 3.63) is 53.8 Å². The number of primary sulfonamides is 1. The normalized spacial score (nSPS) is 16.1. The van der Waals surface area contributed by atoms with Crippen LogP contribution in [0.25, 0.3) is 0 Å². The fraction of sp³-hybridized carbons (Fsp3) is 0.316. The van der Waals surface area contributed by atoms with Crippen LogP contribution >= 0.6 is 0 Å². The first-order chi connectivity index (χ1) is 12.8. The van der Waals surface area contributed by atoms with Crippen molar-refractivity contribution in [2.45, 2.75) is 36.0 Å². The van der Waals surface area contributed by atoms with Gasteiger partial charge < -0.3 is 10.1 Å². The van der Waals surface area contributed by atoms with Gasteiger partial charge in [-0.25, -0.2) is 17.9 Å². The van der Waals surface area contributed by atoms with E-state index in [2.05, 4.69) is 5.32 Å². The largest absolute Gasteiger partial charge is 0.495 e. The third kappa shape index (κ3) is 3.81. The number of carbonyl (C=O) groups excluding carboxylic acids is 1. The van der Waals surface area contributed by atoms with E-state index in [1.807, 2.05) is 0 Å². The number of hydrogen-bond donors (Lipinski definition) is 2. The van der Waals surface area contributed by atoms with Gasteiger partial charge in [-0.2, -0.15) is 0 Å². The van der Waals surface area contributed by atoms with Crippen LogP contribution in [0, 0.1) is 5.82 Å². The summed E-state index contributed by atoms with van der Waals surface area (Å²) < 4.78 is 42.3. The SMILES string of the molecule is COc1ccc(NC(=O)C2(c3cccc(F)c3)CCCC2)cc1S(N)(=O)=O. The standard InChI is InChI=1S/C19H21FN2O4S/c1-26-16-8-7-15(12-17(16)27(21,24)25)22-18(23)19(9-2-3-10-19)13-5-4-6-14(20)11-13/h4-8,11-12H,2-3,9-10H2,1H3,(H,22,23)(H2,21,24,25). The highest BCUT2D eigenvalue weighted by Gasteiger charge is 2.43. The van der Waals surface area contributed by atoms with Crippen LogP contribution in [-0.2, 0) is 20.2 Å². The predicted octanol–water partition coefficient (Wildman–Crippen LogP) is 2.93. The molecule has 3 N–H and O–H groups in total. The molecular weight excluding hydrogens is 371 g/mol. The van der Waals surface area contributed by atoms with Crippen molar-refractivity contribution in [2.75, 3.05) is 12.4 Å². The lowest BCUT2D eigenvalue weighted by Gasteiger charge is -2.28. The number of nitrogens with two attached hydrogens (primary N) is 1. The van der Waals surface area contributed by atoms with Crippen LogP contribution in [0.3, 0.4) is 0 Å². The smallest absolute Gasteiger partial charge is 0.241 e. The molecule has 3 rings (SSSR count). The molecular formula is C19H21FN2O4S. The highest BCUT2D eigenvalue weighted by molar-refractivity contribution is 7.89. The number of ether oxygens (including phenoxy) is 1. The molecule has 6 nitrogen and oxygen atoms in total. The second kappa shape index (κ2) is 7.28. The lowest BCUT2D eigenvalue weighted by molar-refractivity contribution is -0.121. The van der Waals surface area contributed by atoms with Crippen LogP contribution in [0.4, 0.5) is 10.1 Å². The molecule has 0 heterocycles. The van der Waals surface area contributed by atoms with Gasteiger partial charge in [0.1, 0.15) is 16.5 Å². The molecule has 0 radical (unpaired) electrons. The number of anilines is 1. The maximum Gasteiger partial charge on any atom is 0.241 e. The van der Waals surface area contributed by atoms with Crippen molar-refractivity contribution in [1.29, 1.82) is 0 Å². The number of sulfonamides is 1. The van der Waals surface area contributed by atoms with E-state index >= 15 is 0 Å². The number of amides is 1. The van der Waals surface area contributed by atoms with Gasteiger partial charge in [0.15, 0.2) is 0 Å². The highest BCUT2D eigenvalue weighted by Crippen LogP contribution is 2.42. The molecule has 1 saturated carbocycles. The van der Waals surface area contributed by atoms with Gasteiger partial charge in [-0.05, 0) is 48.7 Å². The monoisotopic (exact) mass is 392 g/mol. The second-order valence-electron chi connectivity index (χ2n) is 6.66. The average Bonchev–Trinajstić information content (AvgIpc) is 3.12. The highest BCUT2D eigenvalue weighted by atomic mass is 32.2. The minimum Gasteiger partial charge on any atom is -0.495 e. The molecule has 2 aromatic rings. The molecule has 1 fully saturated rings. The summed E-state index contributed by atoms with van der Waals surface area (Å²) in [7, 11) is -2.69. The van der Waals surface area contributed by atoms with Crippen LogP contribution in [0.15, 0.2) is 47.4 Å². The number of carbonyl (C=O) groups is 1. The first kappa shape index (κ1) is 19.3. The van der Waals surface area contributed by atoms with Crippen LogP contribution in [0.1, 0.15) is 31.2 Å². The van der Waals surface area contributed by atoms with Crippen molar-refractivity contribution < 1.29 is 22.3 Å². The van der Waals surface area contributed by atoms with Crippen molar-refractivity contribution in [3.63, 3.8) is 0 Å². The fourth-order valence-electron chi connectivity index (χ4n) is 3.64. The number of nitrogens with one attached hydrogen (secondary N) is 1. The fourth-order valence-corrected chi connectivity index (χ4v) is 4.36. The average molecular weight is 392 g/mol. The van der Waals surface area contributed by atoms with E-state index in [4.69, 9.17) is 9.88 Å². The van der Waals surface area contributed by atoms with Gasteiger partial charge in [0.05, 0.1) is 12.5 Å². The summed E-state index contributed by atoms with van der Waals surface area (Å²) in [5, 5.41) is 8.00. The quantitative estimate of drug-likeness (QED) is 0.817. The molecule has 0 aromatic heterocycles. The van der Waals surface area contributed by atoms with Crippen LogP contribution in [0.5, 0.6) is 5.75 Å². The van der Waals surface area contributed by atoms with Crippen LogP contribution < -0.4 is 15.2 Å². The molecule has 27 heavy (non-hydrogen) atoms. The first-order valence-corrected chi connectivity index (χ1v) is 10.1. The van der Waals surface area contributed by atoms with Gasteiger partial charge >= 0.3 is 0 Å². The summed E-state index contributed by atoms with van der Waals surface area (Å²) in [6.45, 7) is 0. The number of rotatable bonds is 5. The molecule has 144 valence electrons. The Morgan fingerprint density at radius 1 is 1.19 bits per heavy atom. The zero-order valence-electron chi connectivity index (χ0n) is 14.9. The zero-order chi connectivity index (χ0) is 19.7. The van der Waals surface area contributed by atoms with Gasteiger partial charge in [0.2, 0.25) is 15.9 Å². The van der Waals surface area contributed by atoms with Gasteiger partial charge in [-0.3, -0.25) is 4.79 Å². The van der Waals surface area contributed by atoms with Gasteiger partial charge in [-0.15, -0.1) is 0 Å². The van der Waals surface area contributed by atoms with Crippen molar-refractivity contribution in [2.24, 2.45) is 5.14 Å². The molecule has 2 aromatic carbocycles. The van der Waals surface area contributed by atoms with E-state index in [-0.39, 0.29) is 22.2 Å². The molecule has 0 spiro atoms. The molecule has 0 aliphatic heterocycles. The Balaban J connectivity index is 1.96. The Kier molecular flexibility index (Phi) is 5.21. The maximum atomic E-state index is 13.7. The lowest BCUT2D eigenvalue weighted by atomic mass is 9.78. The first-order valence-electron chi connectivity index (χ1n) is 8.55. The lowest BCUT2D eigenvalue weighted by Crippen LogP contribution is -2.38. The maximum absolute atomic E-state index is 13.7. The van der Waals surface area contributed by atoms with E-state index in [0.29, 0.717) is 18.4 Å². The zero-order valence-corrected chi connectivity index (χ0v) is 15.7. The molecule has 1 amide bonds. The molecule has 1 aliphatic carbocycles. The summed E-state index contributed by atoms with van der Waals surface area (Å²) in [5.41, 5.74) is 0.0641. The Labute approximate surface area is 157 Å². The number of hydrogen-bond acceptors (Lipinski definition) is 4. The minimum atomic E-state index is -4.02. The van der Waals surface area contributed by atoms with E-state index < -0.39 is 21.3 Å². The van der Waals surface area contributed by atoms with Crippen molar-refractivity contribution in [1.82, 2.24) is 0 Å². The number of halogens is 1. The molecule has 8 heteroatoms. The Morgan fingerprint density at radius 2 is 1.89 bits per heavy atom. The van der Waals surface area contributed by atoms with Gasteiger partial charge in [0, 0.05) is 5.69 Å². The molecule has 0 unspecified atom stereocenters. The summed E-state index contributed by atoms with van der Waals surface area (Å²) >= 11 is 0. The minimum absolute atomic E-state index is 0.0937. The van der Waals surface area contributed by atoms with E-state index in [9.17, 15) is 17.6 Å². The Hall–Kier alpha value is -2.45. The molecule has 1 aliphatic rings. The van der Waals surface area contributed by atoms with Crippen LogP contribution in [0.2, 0.25) is 0 Å². The second-order valence-corrected chi connectivity index (χ2v) is 8.19. The summed E-state index contributed by atoms with van der Waals surface area (Å²) in [4.78, 5) is 12.9.